The van der Waals surface area contributed by atoms with E-state index in [1.165, 1.54) is 156 Å². The van der Waals surface area contributed by atoms with Crippen molar-refractivity contribution >= 4 is 0 Å². The molecule has 1 spiro atoms. The van der Waals surface area contributed by atoms with Crippen LogP contribution < -0.4 is 0 Å². The minimum Gasteiger partial charge on any atom is -0.0622 e. The van der Waals surface area contributed by atoms with Crippen LogP contribution in [0.1, 0.15) is 44.5 Å². The summed E-state index contributed by atoms with van der Waals surface area (Å²) >= 11 is 0. The van der Waals surface area contributed by atoms with Crippen molar-refractivity contribution in [3.63, 3.8) is 0 Å². The largest absolute Gasteiger partial charge is 0.0725 e. The maximum atomic E-state index is 2.46. The molecule has 3 aliphatic rings. The van der Waals surface area contributed by atoms with Crippen LogP contribution in [0.3, 0.4) is 0 Å². The molecule has 0 heterocycles. The van der Waals surface area contributed by atoms with E-state index >= 15 is 0 Å². The van der Waals surface area contributed by atoms with Crippen molar-refractivity contribution in [3.8, 4) is 111 Å². The molecule has 0 bridgehead atoms. The number of benzene rings is 14. The fourth-order valence-corrected chi connectivity index (χ4v) is 15.3. The fraction of sp³-hybridized carbons (Fsp3) is 0.0233. The monoisotopic (exact) mass is 1090 g/mol. The van der Waals surface area contributed by atoms with Gasteiger partial charge in [-0.25, -0.2) is 0 Å². The zero-order valence-electron chi connectivity index (χ0n) is 47.3. The van der Waals surface area contributed by atoms with Gasteiger partial charge < -0.3 is 0 Å². The number of fused-ring (bicyclic) bond motifs is 13. The molecular formula is C86H56. The van der Waals surface area contributed by atoms with Gasteiger partial charge in [-0.15, -0.1) is 0 Å². The molecule has 14 aromatic carbocycles. The normalized spacial score (nSPS) is 13.3. The lowest BCUT2D eigenvalue weighted by molar-refractivity contribution is 0.769. The van der Waals surface area contributed by atoms with E-state index in [0.29, 0.717) is 0 Å². The van der Waals surface area contributed by atoms with Gasteiger partial charge in [0.25, 0.3) is 0 Å². The third kappa shape index (κ3) is 7.56. The maximum absolute atomic E-state index is 2.46. The highest BCUT2D eigenvalue weighted by Crippen LogP contribution is 2.64. The minimum atomic E-state index is -0.456. The van der Waals surface area contributed by atoms with Gasteiger partial charge in [-0.3, -0.25) is 0 Å². The van der Waals surface area contributed by atoms with Crippen LogP contribution in [0.5, 0.6) is 0 Å². The second-order valence-electron chi connectivity index (χ2n) is 23.4. The average Bonchev–Trinajstić information content (AvgIpc) is 1.53. The van der Waals surface area contributed by atoms with E-state index in [2.05, 4.69) is 340 Å². The van der Waals surface area contributed by atoms with Gasteiger partial charge in [0.05, 0.1) is 10.8 Å². The van der Waals surface area contributed by atoms with Crippen molar-refractivity contribution in [3.05, 3.63) is 384 Å². The van der Waals surface area contributed by atoms with E-state index in [9.17, 15) is 0 Å². The molecule has 0 radical (unpaired) electrons. The third-order valence-corrected chi connectivity index (χ3v) is 18.9. The zero-order chi connectivity index (χ0) is 56.8. The van der Waals surface area contributed by atoms with Crippen molar-refractivity contribution in [1.82, 2.24) is 0 Å². The predicted molar refractivity (Wildman–Crippen MR) is 358 cm³/mol. The Labute approximate surface area is 503 Å². The van der Waals surface area contributed by atoms with E-state index in [0.717, 1.165) is 0 Å². The first-order valence-electron chi connectivity index (χ1n) is 30.0. The first-order chi connectivity index (χ1) is 42.6. The van der Waals surface area contributed by atoms with Gasteiger partial charge in [0.15, 0.2) is 0 Å². The van der Waals surface area contributed by atoms with E-state index in [-0.39, 0.29) is 0 Å². The Balaban J connectivity index is 0.725. The van der Waals surface area contributed by atoms with E-state index in [1.807, 2.05) is 0 Å². The summed E-state index contributed by atoms with van der Waals surface area (Å²) in [6.45, 7) is 0. The topological polar surface area (TPSA) is 0 Å². The van der Waals surface area contributed by atoms with Crippen LogP contribution in [0.2, 0.25) is 0 Å². The smallest absolute Gasteiger partial charge is 0.0622 e. The van der Waals surface area contributed by atoms with Crippen LogP contribution in [-0.4, -0.2) is 0 Å². The quantitative estimate of drug-likeness (QED) is 0.135. The van der Waals surface area contributed by atoms with Gasteiger partial charge in [0, 0.05) is 0 Å². The van der Waals surface area contributed by atoms with Crippen molar-refractivity contribution < 1.29 is 0 Å². The van der Waals surface area contributed by atoms with Crippen LogP contribution in [0, 0.1) is 0 Å². The molecule has 0 atom stereocenters. The Morgan fingerprint density at radius 2 is 0.430 bits per heavy atom. The molecule has 0 saturated carbocycles. The van der Waals surface area contributed by atoms with E-state index < -0.39 is 10.8 Å². The van der Waals surface area contributed by atoms with Crippen LogP contribution in [-0.2, 0) is 10.8 Å². The molecule has 0 amide bonds. The number of hydrogen-bond acceptors (Lipinski definition) is 0. The Morgan fingerprint density at radius 1 is 0.140 bits per heavy atom. The van der Waals surface area contributed by atoms with Crippen molar-refractivity contribution in [1.29, 1.82) is 0 Å². The molecule has 0 saturated heterocycles. The molecule has 0 aromatic heterocycles. The lowest BCUT2D eigenvalue weighted by atomic mass is 9.67. The molecule has 14 aromatic rings. The van der Waals surface area contributed by atoms with Crippen LogP contribution in [0.25, 0.3) is 111 Å². The van der Waals surface area contributed by atoms with Gasteiger partial charge in [-0.2, -0.15) is 0 Å². The highest BCUT2D eigenvalue weighted by molar-refractivity contribution is 6.01. The zero-order valence-corrected chi connectivity index (χ0v) is 47.3. The van der Waals surface area contributed by atoms with Crippen molar-refractivity contribution in [2.45, 2.75) is 10.8 Å². The Hall–Kier alpha value is -10.9. The Kier molecular flexibility index (Phi) is 11.5. The SMILES string of the molecule is c1ccc(-c2cc(-c3cccc(-c4cccc(-c5cccc(-c6cccc(-c7ccc8c(c7)C(c7ccccc7)(c7ccccc7)c7ccccc7-8)c6)c5)c4)c3)cc(-c3cccc4c3-c3ccccc3C43c4ccccc4-c4ccccc43)c2)cc1. The van der Waals surface area contributed by atoms with Gasteiger partial charge in [0.2, 0.25) is 0 Å². The molecule has 0 N–H and O–H groups in total. The highest BCUT2D eigenvalue weighted by atomic mass is 14.5. The lowest BCUT2D eigenvalue weighted by Crippen LogP contribution is -2.28. The molecule has 0 aliphatic heterocycles. The van der Waals surface area contributed by atoms with Crippen molar-refractivity contribution in [2.24, 2.45) is 0 Å². The second-order valence-corrected chi connectivity index (χ2v) is 23.4. The van der Waals surface area contributed by atoms with Gasteiger partial charge >= 0.3 is 0 Å². The summed E-state index contributed by atoms with van der Waals surface area (Å²) in [5.74, 6) is 0. The summed E-state index contributed by atoms with van der Waals surface area (Å²) < 4.78 is 0. The molecule has 0 fully saturated rings. The summed E-state index contributed by atoms with van der Waals surface area (Å²) in [6, 6.07) is 127. The summed E-state index contributed by atoms with van der Waals surface area (Å²) in [5.41, 5.74) is 34.2. The Bertz CT molecular complexity index is 4900. The van der Waals surface area contributed by atoms with E-state index in [1.54, 1.807) is 0 Å². The van der Waals surface area contributed by atoms with Crippen LogP contribution in [0.15, 0.2) is 340 Å². The molecule has 3 aliphatic carbocycles. The van der Waals surface area contributed by atoms with Gasteiger partial charge in [0.1, 0.15) is 0 Å². The molecule has 0 unspecified atom stereocenters. The lowest BCUT2D eigenvalue weighted by Gasteiger charge is -2.34. The summed E-state index contributed by atoms with van der Waals surface area (Å²) in [5, 5.41) is 0. The maximum Gasteiger partial charge on any atom is 0.0725 e. The van der Waals surface area contributed by atoms with Crippen LogP contribution in [0.4, 0.5) is 0 Å². The molecule has 0 heteroatoms. The first-order valence-corrected chi connectivity index (χ1v) is 30.0. The van der Waals surface area contributed by atoms with E-state index in [4.69, 9.17) is 0 Å². The summed E-state index contributed by atoms with van der Waals surface area (Å²) in [4.78, 5) is 0. The summed E-state index contributed by atoms with van der Waals surface area (Å²) in [6.07, 6.45) is 0. The molecule has 86 heavy (non-hydrogen) atoms. The predicted octanol–water partition coefficient (Wildman–Crippen LogP) is 22.1. The number of hydrogen-bond donors (Lipinski definition) is 0. The molecule has 17 rings (SSSR count). The number of rotatable bonds is 9. The second kappa shape index (κ2) is 19.9. The standard InChI is InChI=1S/C86H56/c1-4-23-57(24-5-1)67-53-68(55-69(54-67)72-41-22-46-82-84(72)77-40-13-17-45-81(77)86(82)79-43-15-11-37-73(79)74-38-12-16-44-80(74)86)65-32-21-30-63(52-65)61-28-19-26-59(50-61)58-25-18-27-60(49-58)62-29-20-31-64(51-62)66-47-48-76-75-39-10-14-42-78(75)85(83(76)56-66,70-33-6-2-7-34-70)71-35-8-3-9-36-71/h1-56H. The van der Waals surface area contributed by atoms with Crippen LogP contribution >= 0.6 is 0 Å². The molecule has 400 valence electrons. The first kappa shape index (κ1) is 49.7. The highest BCUT2D eigenvalue weighted by Gasteiger charge is 2.52. The summed E-state index contributed by atoms with van der Waals surface area (Å²) in [7, 11) is 0. The average molecular weight is 1090 g/mol. The van der Waals surface area contributed by atoms with Crippen molar-refractivity contribution in [2.75, 3.05) is 0 Å². The minimum absolute atomic E-state index is 0.414. The molecular weight excluding hydrogens is 1030 g/mol. The fourth-order valence-electron chi connectivity index (χ4n) is 15.3. The van der Waals surface area contributed by atoms with Gasteiger partial charge in [-0.1, -0.05) is 291 Å². The Morgan fingerprint density at radius 3 is 0.907 bits per heavy atom. The third-order valence-electron chi connectivity index (χ3n) is 18.9. The van der Waals surface area contributed by atoms with Gasteiger partial charge in [-0.05, 0) is 204 Å². The molecule has 0 nitrogen and oxygen atoms in total.